The summed E-state index contributed by atoms with van der Waals surface area (Å²) in [6.07, 6.45) is 3.18. The molecule has 0 atom stereocenters. The van der Waals surface area contributed by atoms with Gasteiger partial charge in [-0.25, -0.2) is 4.79 Å². The zero-order valence-electron chi connectivity index (χ0n) is 14.6. The summed E-state index contributed by atoms with van der Waals surface area (Å²) >= 11 is 0. The molecule has 1 aromatic carbocycles. The monoisotopic (exact) mass is 328 g/mol. The van der Waals surface area contributed by atoms with Gasteiger partial charge in [-0.05, 0) is 39.8 Å². The molecule has 2 rings (SSSR count). The maximum Gasteiger partial charge on any atom is 0.339 e. The fraction of sp³-hybridized carbons (Fsp3) is 0.368. The molecule has 5 heteroatoms. The molecule has 1 aromatic heterocycles. The second-order valence-electron chi connectivity index (χ2n) is 6.36. The molecule has 0 bridgehead atoms. The minimum absolute atomic E-state index is 0.262. The van der Waals surface area contributed by atoms with E-state index in [4.69, 9.17) is 9.47 Å². The Morgan fingerprint density at radius 3 is 2.67 bits per heavy atom. The third-order valence-corrected chi connectivity index (χ3v) is 3.12. The minimum atomic E-state index is -0.370. The zero-order valence-corrected chi connectivity index (χ0v) is 14.6. The summed E-state index contributed by atoms with van der Waals surface area (Å²) in [5.74, 6) is 0.470. The van der Waals surface area contributed by atoms with Gasteiger partial charge in [-0.2, -0.15) is 0 Å². The predicted octanol–water partition coefficient (Wildman–Crippen LogP) is 4.05. The van der Waals surface area contributed by atoms with Crippen molar-refractivity contribution in [3.05, 3.63) is 53.9 Å². The average Bonchev–Trinajstić information content (AvgIpc) is 2.53. The molecule has 1 heterocycles. The normalized spacial score (nSPS) is 11.0. The number of carbonyl (C=O) groups excluding carboxylic acids is 1. The molecule has 0 unspecified atom stereocenters. The van der Waals surface area contributed by atoms with Gasteiger partial charge < -0.3 is 14.8 Å². The molecule has 0 saturated carbocycles. The number of esters is 1. The van der Waals surface area contributed by atoms with E-state index in [0.717, 1.165) is 17.0 Å². The highest BCUT2D eigenvalue weighted by molar-refractivity contribution is 5.90. The van der Waals surface area contributed by atoms with Crippen LogP contribution in [0.25, 0.3) is 0 Å². The van der Waals surface area contributed by atoms with Crippen LogP contribution < -0.4 is 10.1 Å². The van der Waals surface area contributed by atoms with Gasteiger partial charge in [0.2, 0.25) is 0 Å². The Morgan fingerprint density at radius 1 is 1.21 bits per heavy atom. The van der Waals surface area contributed by atoms with E-state index in [1.807, 2.05) is 45.0 Å². The smallest absolute Gasteiger partial charge is 0.339 e. The van der Waals surface area contributed by atoms with Crippen LogP contribution in [0.3, 0.4) is 0 Å². The Balaban J connectivity index is 2.09. The summed E-state index contributed by atoms with van der Waals surface area (Å²) in [6, 6.07) is 9.62. The molecule has 0 radical (unpaired) electrons. The molecule has 1 N–H and O–H groups in total. The second-order valence-corrected chi connectivity index (χ2v) is 6.36. The second kappa shape index (κ2) is 7.81. The van der Waals surface area contributed by atoms with Crippen molar-refractivity contribution in [1.82, 2.24) is 4.98 Å². The first-order valence-corrected chi connectivity index (χ1v) is 8.02. The van der Waals surface area contributed by atoms with Crippen LogP contribution in [-0.4, -0.2) is 23.2 Å². The largest absolute Gasteiger partial charge is 0.488 e. The molecule has 0 saturated heterocycles. The van der Waals surface area contributed by atoms with Crippen molar-refractivity contribution < 1.29 is 14.3 Å². The van der Waals surface area contributed by atoms with Gasteiger partial charge in [0.1, 0.15) is 11.4 Å². The Bertz CT molecular complexity index is 693. The lowest BCUT2D eigenvalue weighted by molar-refractivity contribution is 0.0526. The van der Waals surface area contributed by atoms with E-state index in [0.29, 0.717) is 18.7 Å². The maximum absolute atomic E-state index is 11.8. The first-order valence-electron chi connectivity index (χ1n) is 8.02. The SMILES string of the molecule is CCOC(=O)c1cncc(NCc2ccccc2OC(C)(C)C)c1. The van der Waals surface area contributed by atoms with Crippen molar-refractivity contribution in [2.24, 2.45) is 0 Å². The van der Waals surface area contributed by atoms with Gasteiger partial charge in [-0.15, -0.1) is 0 Å². The number of nitrogens with one attached hydrogen (secondary N) is 1. The molecule has 128 valence electrons. The number of para-hydroxylation sites is 1. The van der Waals surface area contributed by atoms with Crippen molar-refractivity contribution in [2.75, 3.05) is 11.9 Å². The number of benzene rings is 1. The number of anilines is 1. The molecule has 2 aromatic rings. The number of aromatic nitrogens is 1. The van der Waals surface area contributed by atoms with Gasteiger partial charge in [0.05, 0.1) is 17.9 Å². The zero-order chi connectivity index (χ0) is 17.6. The van der Waals surface area contributed by atoms with Crippen LogP contribution in [0.15, 0.2) is 42.7 Å². The first-order chi connectivity index (χ1) is 11.4. The van der Waals surface area contributed by atoms with Crippen LogP contribution in [0.2, 0.25) is 0 Å². The van der Waals surface area contributed by atoms with E-state index in [1.165, 1.54) is 6.20 Å². The molecule has 0 amide bonds. The average molecular weight is 328 g/mol. The Kier molecular flexibility index (Phi) is 5.79. The highest BCUT2D eigenvalue weighted by Gasteiger charge is 2.14. The van der Waals surface area contributed by atoms with Crippen molar-refractivity contribution >= 4 is 11.7 Å². The van der Waals surface area contributed by atoms with Gasteiger partial charge in [-0.1, -0.05) is 18.2 Å². The molecule has 5 nitrogen and oxygen atoms in total. The van der Waals surface area contributed by atoms with Gasteiger partial charge in [0.15, 0.2) is 0 Å². The highest BCUT2D eigenvalue weighted by atomic mass is 16.5. The van der Waals surface area contributed by atoms with E-state index in [9.17, 15) is 4.79 Å². The van der Waals surface area contributed by atoms with E-state index < -0.39 is 0 Å². The molecule has 0 aliphatic heterocycles. The summed E-state index contributed by atoms with van der Waals surface area (Å²) < 4.78 is 11.0. The third-order valence-electron chi connectivity index (χ3n) is 3.12. The van der Waals surface area contributed by atoms with E-state index in [2.05, 4.69) is 10.3 Å². The number of pyridine rings is 1. The summed E-state index contributed by atoms with van der Waals surface area (Å²) in [5.41, 5.74) is 1.96. The Hall–Kier alpha value is -2.56. The predicted molar refractivity (Wildman–Crippen MR) is 94.3 cm³/mol. The minimum Gasteiger partial charge on any atom is -0.488 e. The van der Waals surface area contributed by atoms with E-state index in [1.54, 1.807) is 19.2 Å². The van der Waals surface area contributed by atoms with E-state index >= 15 is 0 Å². The van der Waals surface area contributed by atoms with Gasteiger partial charge in [0.25, 0.3) is 0 Å². The number of carbonyl (C=O) groups is 1. The quantitative estimate of drug-likeness (QED) is 0.811. The molecular weight excluding hydrogens is 304 g/mol. The van der Waals surface area contributed by atoms with Crippen LogP contribution in [-0.2, 0) is 11.3 Å². The van der Waals surface area contributed by atoms with Crippen molar-refractivity contribution in [3.8, 4) is 5.75 Å². The number of ether oxygens (including phenoxy) is 2. The fourth-order valence-corrected chi connectivity index (χ4v) is 2.14. The Labute approximate surface area is 143 Å². The Morgan fingerprint density at radius 2 is 1.96 bits per heavy atom. The molecule has 0 spiro atoms. The number of rotatable bonds is 6. The summed E-state index contributed by atoms with van der Waals surface area (Å²) in [6.45, 7) is 8.74. The van der Waals surface area contributed by atoms with Crippen LogP contribution in [0.1, 0.15) is 43.6 Å². The third kappa shape index (κ3) is 5.26. The molecule has 0 aliphatic carbocycles. The van der Waals surface area contributed by atoms with Crippen LogP contribution in [0.5, 0.6) is 5.75 Å². The highest BCUT2D eigenvalue weighted by Crippen LogP contribution is 2.24. The van der Waals surface area contributed by atoms with Crippen LogP contribution in [0.4, 0.5) is 5.69 Å². The van der Waals surface area contributed by atoms with Gasteiger partial charge in [-0.3, -0.25) is 4.98 Å². The van der Waals surface area contributed by atoms with Gasteiger partial charge in [0, 0.05) is 24.5 Å². The lowest BCUT2D eigenvalue weighted by Gasteiger charge is -2.23. The fourth-order valence-electron chi connectivity index (χ4n) is 2.14. The van der Waals surface area contributed by atoms with Crippen LogP contribution >= 0.6 is 0 Å². The number of nitrogens with zero attached hydrogens (tertiary/aromatic N) is 1. The van der Waals surface area contributed by atoms with Gasteiger partial charge >= 0.3 is 5.97 Å². The first kappa shape index (κ1) is 17.8. The maximum atomic E-state index is 11.8. The topological polar surface area (TPSA) is 60.5 Å². The number of hydrogen-bond donors (Lipinski definition) is 1. The molecular formula is C19H24N2O3. The lowest BCUT2D eigenvalue weighted by Crippen LogP contribution is -2.23. The molecule has 0 aliphatic rings. The summed E-state index contributed by atoms with van der Waals surface area (Å²) in [5, 5.41) is 3.27. The summed E-state index contributed by atoms with van der Waals surface area (Å²) in [4.78, 5) is 15.9. The van der Waals surface area contributed by atoms with Crippen molar-refractivity contribution in [2.45, 2.75) is 39.8 Å². The van der Waals surface area contributed by atoms with E-state index in [-0.39, 0.29) is 11.6 Å². The standard InChI is InChI=1S/C19H24N2O3/c1-5-23-18(22)15-10-16(13-20-11-15)21-12-14-8-6-7-9-17(14)24-19(2,3)4/h6-11,13,21H,5,12H2,1-4H3. The van der Waals surface area contributed by atoms with Crippen molar-refractivity contribution in [3.63, 3.8) is 0 Å². The number of hydrogen-bond acceptors (Lipinski definition) is 5. The molecule has 0 fully saturated rings. The molecule has 24 heavy (non-hydrogen) atoms. The van der Waals surface area contributed by atoms with Crippen LogP contribution in [0, 0.1) is 0 Å². The van der Waals surface area contributed by atoms with Crippen molar-refractivity contribution in [1.29, 1.82) is 0 Å². The lowest BCUT2D eigenvalue weighted by atomic mass is 10.1. The summed E-state index contributed by atoms with van der Waals surface area (Å²) in [7, 11) is 0.